The third-order valence-corrected chi connectivity index (χ3v) is 6.14. The van der Waals surface area contributed by atoms with Gasteiger partial charge in [0.25, 0.3) is 0 Å². The number of rotatable bonds is 14. The highest BCUT2D eigenvalue weighted by atomic mass is 16.5. The van der Waals surface area contributed by atoms with E-state index in [4.69, 9.17) is 18.9 Å². The molecule has 0 N–H and O–H groups in total. The van der Waals surface area contributed by atoms with Crippen LogP contribution in [0.3, 0.4) is 0 Å². The van der Waals surface area contributed by atoms with Crippen LogP contribution in [-0.4, -0.2) is 32.3 Å². The first kappa shape index (κ1) is 27.8. The van der Waals surface area contributed by atoms with Gasteiger partial charge in [-0.15, -0.1) is 0 Å². The number of carbonyl (C=O) groups excluding carboxylic acids is 2. The molecule has 0 bridgehead atoms. The van der Waals surface area contributed by atoms with E-state index in [1.807, 2.05) is 50.2 Å². The highest BCUT2D eigenvalue weighted by molar-refractivity contribution is 5.91. The van der Waals surface area contributed by atoms with Crippen LogP contribution in [0.15, 0.2) is 72.8 Å². The van der Waals surface area contributed by atoms with Crippen molar-refractivity contribution in [2.24, 2.45) is 5.92 Å². The number of hydrogen-bond acceptors (Lipinski definition) is 6. The Kier molecular flexibility index (Phi) is 11.0. The number of methoxy groups -OCH3 is 1. The first-order valence-corrected chi connectivity index (χ1v) is 12.9. The van der Waals surface area contributed by atoms with Crippen molar-refractivity contribution in [1.82, 2.24) is 0 Å². The molecule has 3 aromatic carbocycles. The summed E-state index contributed by atoms with van der Waals surface area (Å²) in [5.41, 5.74) is 2.53. The summed E-state index contributed by atoms with van der Waals surface area (Å²) in [6.07, 6.45) is 4.57. The van der Waals surface area contributed by atoms with Crippen molar-refractivity contribution >= 4 is 11.9 Å². The zero-order valence-electron chi connectivity index (χ0n) is 21.9. The molecule has 0 fully saturated rings. The van der Waals surface area contributed by atoms with Crippen molar-refractivity contribution in [2.75, 3.05) is 20.3 Å². The lowest BCUT2D eigenvalue weighted by Crippen LogP contribution is -2.14. The molecule has 0 aliphatic rings. The highest BCUT2D eigenvalue weighted by Crippen LogP contribution is 2.25. The molecule has 1 atom stereocenters. The van der Waals surface area contributed by atoms with Crippen LogP contribution in [0.2, 0.25) is 0 Å². The minimum atomic E-state index is -0.419. The maximum absolute atomic E-state index is 12.5. The number of ether oxygens (including phenoxy) is 4. The molecule has 37 heavy (non-hydrogen) atoms. The molecule has 0 amide bonds. The van der Waals surface area contributed by atoms with Crippen molar-refractivity contribution in [3.05, 3.63) is 78.4 Å². The van der Waals surface area contributed by atoms with E-state index in [9.17, 15) is 9.59 Å². The SMILES string of the molecule is CCC(C)C(=O)OCCCCCCOc1ccc(C(=O)Oc2ccc(-c3ccc(OC)cc3)cc2)cc1. The smallest absolute Gasteiger partial charge is 0.343 e. The fourth-order valence-electron chi connectivity index (χ4n) is 3.58. The molecule has 6 heteroatoms. The van der Waals surface area contributed by atoms with Crippen LogP contribution in [0.4, 0.5) is 0 Å². The summed E-state index contributed by atoms with van der Waals surface area (Å²) < 4.78 is 21.7. The Morgan fingerprint density at radius 1 is 0.703 bits per heavy atom. The van der Waals surface area contributed by atoms with Gasteiger partial charge < -0.3 is 18.9 Å². The number of carbonyl (C=O) groups is 2. The first-order chi connectivity index (χ1) is 18.0. The molecule has 0 aliphatic heterocycles. The van der Waals surface area contributed by atoms with Crippen molar-refractivity contribution in [3.8, 4) is 28.4 Å². The van der Waals surface area contributed by atoms with Gasteiger partial charge in [-0.3, -0.25) is 4.79 Å². The number of benzene rings is 3. The second-order valence-electron chi connectivity index (χ2n) is 8.91. The zero-order chi connectivity index (χ0) is 26.5. The maximum atomic E-state index is 12.5. The van der Waals surface area contributed by atoms with Gasteiger partial charge in [0, 0.05) is 0 Å². The van der Waals surface area contributed by atoms with Crippen molar-refractivity contribution in [2.45, 2.75) is 46.0 Å². The second kappa shape index (κ2) is 14.7. The Morgan fingerprint density at radius 2 is 1.24 bits per heavy atom. The van der Waals surface area contributed by atoms with Crippen LogP contribution < -0.4 is 14.2 Å². The van der Waals surface area contributed by atoms with Gasteiger partial charge in [0.05, 0.1) is 31.8 Å². The maximum Gasteiger partial charge on any atom is 0.343 e. The normalized spacial score (nSPS) is 11.4. The predicted octanol–water partition coefficient (Wildman–Crippen LogP) is 7.11. The summed E-state index contributed by atoms with van der Waals surface area (Å²) in [6, 6.07) is 22.1. The number of unbranched alkanes of at least 4 members (excludes halogenated alkanes) is 3. The highest BCUT2D eigenvalue weighted by Gasteiger charge is 2.11. The van der Waals surface area contributed by atoms with Gasteiger partial charge >= 0.3 is 11.9 Å². The van der Waals surface area contributed by atoms with Gasteiger partial charge in [-0.2, -0.15) is 0 Å². The van der Waals surface area contributed by atoms with E-state index in [0.717, 1.165) is 49.0 Å². The summed E-state index contributed by atoms with van der Waals surface area (Å²) in [7, 11) is 1.64. The molecule has 1 unspecified atom stereocenters. The molecule has 3 aromatic rings. The van der Waals surface area contributed by atoms with E-state index >= 15 is 0 Å². The first-order valence-electron chi connectivity index (χ1n) is 12.9. The van der Waals surface area contributed by atoms with Crippen LogP contribution in [0.25, 0.3) is 11.1 Å². The van der Waals surface area contributed by atoms with E-state index in [-0.39, 0.29) is 11.9 Å². The molecule has 0 saturated heterocycles. The molecule has 3 rings (SSSR count). The Bertz CT molecular complexity index is 1100. The molecule has 0 spiro atoms. The van der Waals surface area contributed by atoms with Gasteiger partial charge in [-0.05, 0) is 91.8 Å². The zero-order valence-corrected chi connectivity index (χ0v) is 21.9. The minimum absolute atomic E-state index is 0.0288. The van der Waals surface area contributed by atoms with Gasteiger partial charge in [-0.25, -0.2) is 4.79 Å². The van der Waals surface area contributed by atoms with Gasteiger partial charge in [-0.1, -0.05) is 38.1 Å². The van der Waals surface area contributed by atoms with Crippen molar-refractivity contribution in [1.29, 1.82) is 0 Å². The Morgan fingerprint density at radius 3 is 1.81 bits per heavy atom. The molecule has 0 aromatic heterocycles. The van der Waals surface area contributed by atoms with Gasteiger partial charge in [0.15, 0.2) is 0 Å². The molecular formula is C31H36O6. The van der Waals surface area contributed by atoms with E-state index in [0.29, 0.717) is 30.3 Å². The van der Waals surface area contributed by atoms with Gasteiger partial charge in [0.2, 0.25) is 0 Å². The molecule has 196 valence electrons. The number of esters is 2. The van der Waals surface area contributed by atoms with Crippen molar-refractivity contribution < 1.29 is 28.5 Å². The molecule has 6 nitrogen and oxygen atoms in total. The monoisotopic (exact) mass is 504 g/mol. The van der Waals surface area contributed by atoms with E-state index < -0.39 is 5.97 Å². The average molecular weight is 505 g/mol. The van der Waals surface area contributed by atoms with Crippen LogP contribution in [0.1, 0.15) is 56.3 Å². The number of hydrogen-bond donors (Lipinski definition) is 0. The van der Waals surface area contributed by atoms with Crippen LogP contribution in [0.5, 0.6) is 17.2 Å². The van der Waals surface area contributed by atoms with Crippen LogP contribution in [0, 0.1) is 5.92 Å². The quantitative estimate of drug-likeness (QED) is 0.132. The molecule has 0 heterocycles. The second-order valence-corrected chi connectivity index (χ2v) is 8.91. The lowest BCUT2D eigenvalue weighted by atomic mass is 10.1. The Hall–Kier alpha value is -3.80. The lowest BCUT2D eigenvalue weighted by Gasteiger charge is -2.09. The fourth-order valence-corrected chi connectivity index (χ4v) is 3.58. The Balaban J connectivity index is 1.35. The lowest BCUT2D eigenvalue weighted by molar-refractivity contribution is -0.148. The van der Waals surface area contributed by atoms with E-state index in [1.165, 1.54) is 0 Å². The third kappa shape index (κ3) is 8.98. The summed E-state index contributed by atoms with van der Waals surface area (Å²) in [4.78, 5) is 24.2. The van der Waals surface area contributed by atoms with Crippen molar-refractivity contribution in [3.63, 3.8) is 0 Å². The third-order valence-electron chi connectivity index (χ3n) is 6.14. The molecular weight excluding hydrogens is 468 g/mol. The fraction of sp³-hybridized carbons (Fsp3) is 0.355. The van der Waals surface area contributed by atoms with E-state index in [2.05, 4.69) is 0 Å². The topological polar surface area (TPSA) is 71.1 Å². The summed E-state index contributed by atoms with van der Waals surface area (Å²) in [5, 5.41) is 0. The Labute approximate surface area is 219 Å². The average Bonchev–Trinajstić information content (AvgIpc) is 2.94. The van der Waals surface area contributed by atoms with Crippen LogP contribution >= 0.6 is 0 Å². The molecule has 0 radical (unpaired) electrons. The molecule has 0 aliphatic carbocycles. The van der Waals surface area contributed by atoms with Gasteiger partial charge in [0.1, 0.15) is 17.2 Å². The predicted molar refractivity (Wildman–Crippen MR) is 144 cm³/mol. The minimum Gasteiger partial charge on any atom is -0.497 e. The molecule has 0 saturated carbocycles. The van der Waals surface area contributed by atoms with E-state index in [1.54, 1.807) is 43.5 Å². The summed E-state index contributed by atoms with van der Waals surface area (Å²) in [5.74, 6) is 1.44. The standard InChI is InChI=1S/C31H36O6/c1-4-23(2)30(32)36-22-8-6-5-7-21-35-28-17-13-26(14-18-28)31(33)37-29-19-11-25(12-20-29)24-9-15-27(34-3)16-10-24/h9-20,23H,4-8,21-22H2,1-3H3. The summed E-state index contributed by atoms with van der Waals surface area (Å²) in [6.45, 7) is 4.94. The largest absolute Gasteiger partial charge is 0.497 e. The summed E-state index contributed by atoms with van der Waals surface area (Å²) >= 11 is 0. The van der Waals surface area contributed by atoms with Crippen LogP contribution in [-0.2, 0) is 9.53 Å².